The molecule has 0 bridgehead atoms. The number of rotatable bonds is 9. The Kier molecular flexibility index (Phi) is 9.60. The van der Waals surface area contributed by atoms with Crippen LogP contribution in [-0.4, -0.2) is 98.3 Å². The molecule has 2 heterocycles. The number of esters is 1. The molecule has 184 valence electrons. The lowest BCUT2D eigenvalue weighted by Gasteiger charge is -2.38. The van der Waals surface area contributed by atoms with Crippen molar-refractivity contribution in [2.75, 3.05) is 46.0 Å². The molecule has 2 aliphatic heterocycles. The largest absolute Gasteiger partial charge is 0.464 e. The molecule has 3 fully saturated rings. The van der Waals surface area contributed by atoms with E-state index in [9.17, 15) is 18.4 Å². The molecular formula is C21H38F2N6O3. The van der Waals surface area contributed by atoms with E-state index >= 15 is 0 Å². The molecule has 1 saturated carbocycles. The smallest absolute Gasteiger partial charge is 0.311 e. The van der Waals surface area contributed by atoms with E-state index in [1.807, 2.05) is 13.8 Å². The second-order valence-electron chi connectivity index (χ2n) is 8.82. The van der Waals surface area contributed by atoms with Crippen molar-refractivity contribution in [3.05, 3.63) is 0 Å². The van der Waals surface area contributed by atoms with Crippen molar-refractivity contribution in [1.82, 2.24) is 31.3 Å². The molecule has 1 amide bonds. The van der Waals surface area contributed by atoms with Crippen molar-refractivity contribution < 1.29 is 23.1 Å². The third-order valence-corrected chi connectivity index (χ3v) is 6.81. The van der Waals surface area contributed by atoms with Gasteiger partial charge in [0, 0.05) is 38.8 Å². The minimum absolute atomic E-state index is 0.139. The van der Waals surface area contributed by atoms with Gasteiger partial charge in [-0.3, -0.25) is 14.5 Å². The maximum atomic E-state index is 14.1. The fourth-order valence-corrected chi connectivity index (χ4v) is 4.66. The van der Waals surface area contributed by atoms with Gasteiger partial charge in [-0.05, 0) is 32.4 Å². The summed E-state index contributed by atoms with van der Waals surface area (Å²) in [5.74, 6) is -1.78. The highest BCUT2D eigenvalue weighted by Gasteiger charge is 2.43. The monoisotopic (exact) mass is 460 g/mol. The standard InChI is InChI=1S/C21H38F2N6O3/c1-3-28(4-2)9-10-32-21(31)14-11-15(22)16(23)12-18(14)25-20(30)17-5-6-19(27-26-17)29-8-7-24-13-29/h14-19,24,26-27H,3-13H2,1-2H3,(H,25,30). The Morgan fingerprint density at radius 1 is 1.12 bits per heavy atom. The molecule has 6 unspecified atom stereocenters. The summed E-state index contributed by atoms with van der Waals surface area (Å²) in [6.07, 6.45) is -2.41. The molecule has 9 nitrogen and oxygen atoms in total. The van der Waals surface area contributed by atoms with Gasteiger partial charge in [-0.15, -0.1) is 0 Å². The number of alkyl halides is 2. The highest BCUT2D eigenvalue weighted by Crippen LogP contribution is 2.30. The molecule has 3 aliphatic rings. The van der Waals surface area contributed by atoms with Crippen LogP contribution in [0, 0.1) is 5.92 Å². The van der Waals surface area contributed by atoms with Crippen LogP contribution in [0.2, 0.25) is 0 Å². The number of halogens is 2. The average molecular weight is 461 g/mol. The molecule has 0 aromatic heterocycles. The third-order valence-electron chi connectivity index (χ3n) is 6.81. The van der Waals surface area contributed by atoms with E-state index in [4.69, 9.17) is 4.74 Å². The number of hydrogen-bond donors (Lipinski definition) is 4. The van der Waals surface area contributed by atoms with Crippen molar-refractivity contribution >= 4 is 11.9 Å². The zero-order valence-corrected chi connectivity index (χ0v) is 19.1. The number of likely N-dealkylation sites (N-methyl/N-ethyl adjacent to an activating group) is 1. The summed E-state index contributed by atoms with van der Waals surface area (Å²) >= 11 is 0. The summed E-state index contributed by atoms with van der Waals surface area (Å²) in [6.45, 7) is 9.17. The fourth-order valence-electron chi connectivity index (χ4n) is 4.66. The maximum Gasteiger partial charge on any atom is 0.311 e. The predicted molar refractivity (Wildman–Crippen MR) is 116 cm³/mol. The van der Waals surface area contributed by atoms with Gasteiger partial charge < -0.3 is 20.3 Å². The van der Waals surface area contributed by atoms with Gasteiger partial charge in [-0.1, -0.05) is 13.8 Å². The fraction of sp³-hybridized carbons (Fsp3) is 0.905. The summed E-state index contributed by atoms with van der Waals surface area (Å²) in [5, 5.41) is 6.07. The van der Waals surface area contributed by atoms with Crippen molar-refractivity contribution in [3.8, 4) is 0 Å². The van der Waals surface area contributed by atoms with Crippen LogP contribution in [0.15, 0.2) is 0 Å². The van der Waals surface area contributed by atoms with Crippen LogP contribution in [0.3, 0.4) is 0 Å². The number of amides is 1. The van der Waals surface area contributed by atoms with Gasteiger partial charge >= 0.3 is 5.97 Å². The molecule has 6 atom stereocenters. The Labute approximate surface area is 188 Å². The lowest BCUT2D eigenvalue weighted by molar-refractivity contribution is -0.153. The summed E-state index contributed by atoms with van der Waals surface area (Å²) in [4.78, 5) is 29.8. The molecule has 11 heteroatoms. The van der Waals surface area contributed by atoms with E-state index in [0.29, 0.717) is 13.0 Å². The minimum Gasteiger partial charge on any atom is -0.464 e. The number of hydrazine groups is 1. The maximum absolute atomic E-state index is 14.1. The predicted octanol–water partition coefficient (Wildman–Crippen LogP) is -0.112. The number of ether oxygens (including phenoxy) is 1. The van der Waals surface area contributed by atoms with Crippen LogP contribution in [0.4, 0.5) is 8.78 Å². The van der Waals surface area contributed by atoms with E-state index < -0.39 is 36.3 Å². The highest BCUT2D eigenvalue weighted by atomic mass is 19.2. The quantitative estimate of drug-likeness (QED) is 0.354. The van der Waals surface area contributed by atoms with E-state index in [0.717, 1.165) is 39.3 Å². The highest BCUT2D eigenvalue weighted by molar-refractivity contribution is 5.83. The van der Waals surface area contributed by atoms with Gasteiger partial charge in [-0.25, -0.2) is 19.6 Å². The average Bonchev–Trinajstić information content (AvgIpc) is 3.34. The first-order valence-electron chi connectivity index (χ1n) is 11.9. The molecule has 0 aromatic rings. The first-order chi connectivity index (χ1) is 15.4. The molecule has 1 aliphatic carbocycles. The van der Waals surface area contributed by atoms with E-state index in [1.165, 1.54) is 0 Å². The first kappa shape index (κ1) is 25.2. The Morgan fingerprint density at radius 3 is 2.50 bits per heavy atom. The zero-order valence-electron chi connectivity index (χ0n) is 19.1. The van der Waals surface area contributed by atoms with Crippen LogP contribution in [0.1, 0.15) is 39.5 Å². The minimum atomic E-state index is -1.73. The van der Waals surface area contributed by atoms with Crippen LogP contribution in [-0.2, 0) is 14.3 Å². The Hall–Kier alpha value is -1.40. The normalized spacial score (nSPS) is 33.9. The van der Waals surface area contributed by atoms with Crippen molar-refractivity contribution in [3.63, 3.8) is 0 Å². The van der Waals surface area contributed by atoms with Gasteiger partial charge in [0.2, 0.25) is 5.91 Å². The van der Waals surface area contributed by atoms with Crippen molar-refractivity contribution in [2.45, 2.75) is 70.1 Å². The zero-order chi connectivity index (χ0) is 23.1. The molecule has 2 saturated heterocycles. The number of nitrogens with zero attached hydrogens (tertiary/aromatic N) is 2. The molecule has 4 N–H and O–H groups in total. The van der Waals surface area contributed by atoms with Crippen molar-refractivity contribution in [2.24, 2.45) is 5.92 Å². The SMILES string of the molecule is CCN(CC)CCOC(=O)C1CC(F)C(F)CC1NC(=O)C1CCC(N2CCNC2)NN1. The second kappa shape index (κ2) is 12.2. The molecule has 3 rings (SSSR count). The van der Waals surface area contributed by atoms with Crippen LogP contribution >= 0.6 is 0 Å². The van der Waals surface area contributed by atoms with Gasteiger partial charge in [0.25, 0.3) is 0 Å². The first-order valence-corrected chi connectivity index (χ1v) is 11.9. The summed E-state index contributed by atoms with van der Waals surface area (Å²) in [5.41, 5.74) is 6.21. The van der Waals surface area contributed by atoms with E-state index in [-0.39, 0.29) is 31.5 Å². The van der Waals surface area contributed by atoms with E-state index in [2.05, 4.69) is 31.3 Å². The third kappa shape index (κ3) is 6.57. The van der Waals surface area contributed by atoms with Crippen LogP contribution in [0.25, 0.3) is 0 Å². The Morgan fingerprint density at radius 2 is 1.88 bits per heavy atom. The van der Waals surface area contributed by atoms with Gasteiger partial charge in [0.15, 0.2) is 0 Å². The topological polar surface area (TPSA) is 98.0 Å². The Bertz CT molecular complexity index is 612. The molecule has 0 spiro atoms. The van der Waals surface area contributed by atoms with E-state index in [1.54, 1.807) is 0 Å². The number of nitrogens with one attached hydrogen (secondary N) is 4. The number of carbonyl (C=O) groups excluding carboxylic acids is 2. The molecule has 32 heavy (non-hydrogen) atoms. The number of carbonyl (C=O) groups is 2. The Balaban J connectivity index is 1.51. The van der Waals surface area contributed by atoms with Crippen molar-refractivity contribution in [1.29, 1.82) is 0 Å². The molecule has 0 radical (unpaired) electrons. The lowest BCUT2D eigenvalue weighted by atomic mass is 9.82. The lowest BCUT2D eigenvalue weighted by Crippen LogP contribution is -2.63. The summed E-state index contributed by atoms with van der Waals surface area (Å²) in [6, 6.07) is -1.28. The molecular weight excluding hydrogens is 422 g/mol. The van der Waals surface area contributed by atoms with Gasteiger partial charge in [-0.2, -0.15) is 0 Å². The van der Waals surface area contributed by atoms with Gasteiger partial charge in [0.1, 0.15) is 25.0 Å². The summed E-state index contributed by atoms with van der Waals surface area (Å²) in [7, 11) is 0. The summed E-state index contributed by atoms with van der Waals surface area (Å²) < 4.78 is 33.5. The van der Waals surface area contributed by atoms with Crippen LogP contribution in [0.5, 0.6) is 0 Å². The second-order valence-corrected chi connectivity index (χ2v) is 8.82. The van der Waals surface area contributed by atoms with Crippen LogP contribution < -0.4 is 21.5 Å². The molecule has 0 aromatic carbocycles. The number of hydrogen-bond acceptors (Lipinski definition) is 8. The van der Waals surface area contributed by atoms with Gasteiger partial charge in [0.05, 0.1) is 12.1 Å².